The summed E-state index contributed by atoms with van der Waals surface area (Å²) in [7, 11) is 0. The van der Waals surface area contributed by atoms with E-state index in [1.165, 1.54) is 44.1 Å². The largest absolute Gasteiger partial charge is 0.382 e. The number of hydrogen-bond acceptors (Lipinski definition) is 3. The van der Waals surface area contributed by atoms with Gasteiger partial charge in [0.2, 0.25) is 0 Å². The molecule has 0 amide bonds. The molecule has 0 aromatic rings. The molecule has 3 N–H and O–H groups in total. The molecule has 0 aliphatic heterocycles. The van der Waals surface area contributed by atoms with Gasteiger partial charge < -0.3 is 16.0 Å². The average Bonchev–Trinajstić information content (AvgIpc) is 3.19. The number of allylic oxidation sites excluding steroid dienone is 2. The highest BCUT2D eigenvalue weighted by Crippen LogP contribution is 2.73. The summed E-state index contributed by atoms with van der Waals surface area (Å²) in [6.45, 7) is 38.8. The van der Waals surface area contributed by atoms with E-state index in [0.717, 1.165) is 47.8 Å². The van der Waals surface area contributed by atoms with Crippen LogP contribution in [0.3, 0.4) is 0 Å². The van der Waals surface area contributed by atoms with Crippen molar-refractivity contribution in [3.63, 3.8) is 0 Å². The summed E-state index contributed by atoms with van der Waals surface area (Å²) in [6.07, 6.45) is 12.9. The summed E-state index contributed by atoms with van der Waals surface area (Å²) in [4.78, 5) is 0. The molecule has 3 aliphatic rings. The minimum atomic E-state index is 0.127. The molecule has 0 radical (unpaired) electrons. The first-order valence-corrected chi connectivity index (χ1v) is 15.2. The zero-order chi connectivity index (χ0) is 28.3. The van der Waals surface area contributed by atoms with E-state index in [0.29, 0.717) is 29.7 Å². The second-order valence-corrected chi connectivity index (χ2v) is 13.5. The van der Waals surface area contributed by atoms with Crippen LogP contribution in [0.1, 0.15) is 92.4 Å². The number of nitrogens with one attached hydrogen (secondary N) is 3. The third kappa shape index (κ3) is 6.35. The van der Waals surface area contributed by atoms with Crippen LogP contribution >= 0.6 is 0 Å². The molecule has 38 heavy (non-hydrogen) atoms. The SMILES string of the molecule is C=CCNC(=C)C(=C)C(CCCC)NC(=C)C1C(C(=C)C(NC(=C)C)C2(C)CCCCC2)CC2C1C2(C)C. The van der Waals surface area contributed by atoms with Gasteiger partial charge in [-0.3, -0.25) is 0 Å². The molecule has 3 aliphatic carbocycles. The molecule has 0 aromatic heterocycles. The highest BCUT2D eigenvalue weighted by Gasteiger charge is 2.68. The van der Waals surface area contributed by atoms with Gasteiger partial charge in [0.15, 0.2) is 0 Å². The number of fused-ring (bicyclic) bond motifs is 1. The molecule has 3 saturated carbocycles. The van der Waals surface area contributed by atoms with Crippen LogP contribution in [0.2, 0.25) is 0 Å². The van der Waals surface area contributed by atoms with Gasteiger partial charge in [-0.05, 0) is 66.8 Å². The Kier molecular flexibility index (Phi) is 9.87. The molecule has 0 heterocycles. The van der Waals surface area contributed by atoms with E-state index in [1.807, 2.05) is 6.08 Å². The van der Waals surface area contributed by atoms with Crippen molar-refractivity contribution in [3.05, 3.63) is 73.8 Å². The first kappa shape index (κ1) is 30.4. The Morgan fingerprint density at radius 2 is 1.66 bits per heavy atom. The van der Waals surface area contributed by atoms with Crippen LogP contribution in [-0.4, -0.2) is 18.6 Å². The molecule has 3 heteroatoms. The molecule has 3 nitrogen and oxygen atoms in total. The summed E-state index contributed by atoms with van der Waals surface area (Å²) >= 11 is 0. The molecule has 6 atom stereocenters. The van der Waals surface area contributed by atoms with E-state index < -0.39 is 0 Å². The lowest BCUT2D eigenvalue weighted by molar-refractivity contribution is 0.157. The van der Waals surface area contributed by atoms with Crippen molar-refractivity contribution in [3.8, 4) is 0 Å². The zero-order valence-electron chi connectivity index (χ0n) is 25.4. The number of rotatable bonds is 16. The fourth-order valence-corrected chi connectivity index (χ4v) is 7.87. The smallest absolute Gasteiger partial charge is 0.0525 e. The van der Waals surface area contributed by atoms with Crippen molar-refractivity contribution in [1.82, 2.24) is 16.0 Å². The first-order valence-electron chi connectivity index (χ1n) is 15.2. The Morgan fingerprint density at radius 3 is 2.24 bits per heavy atom. The third-order valence-electron chi connectivity index (χ3n) is 10.3. The molecular formula is C35H57N3. The van der Waals surface area contributed by atoms with Crippen molar-refractivity contribution in [2.24, 2.45) is 34.5 Å². The molecule has 0 bridgehead atoms. The molecule has 3 fully saturated rings. The lowest BCUT2D eigenvalue weighted by atomic mass is 9.65. The summed E-state index contributed by atoms with van der Waals surface area (Å²) in [5.74, 6) is 2.20. The number of unbranched alkanes of at least 4 members (excludes halogenated alkanes) is 1. The topological polar surface area (TPSA) is 36.1 Å². The van der Waals surface area contributed by atoms with Gasteiger partial charge in [0.25, 0.3) is 0 Å². The van der Waals surface area contributed by atoms with Crippen LogP contribution in [0.15, 0.2) is 73.8 Å². The minimum absolute atomic E-state index is 0.127. The summed E-state index contributed by atoms with van der Waals surface area (Å²) in [5, 5.41) is 11.1. The number of hydrogen-bond donors (Lipinski definition) is 3. The minimum Gasteiger partial charge on any atom is -0.382 e. The van der Waals surface area contributed by atoms with Crippen molar-refractivity contribution in [2.45, 2.75) is 104 Å². The quantitative estimate of drug-likeness (QED) is 0.141. The maximum Gasteiger partial charge on any atom is 0.0525 e. The van der Waals surface area contributed by atoms with Gasteiger partial charge in [0.05, 0.1) is 12.1 Å². The van der Waals surface area contributed by atoms with Crippen LogP contribution < -0.4 is 16.0 Å². The van der Waals surface area contributed by atoms with E-state index in [-0.39, 0.29) is 17.5 Å². The summed E-state index contributed by atoms with van der Waals surface area (Å²) in [5.41, 5.74) is 6.08. The summed E-state index contributed by atoms with van der Waals surface area (Å²) < 4.78 is 0. The lowest BCUT2D eigenvalue weighted by Gasteiger charge is -2.45. The second kappa shape index (κ2) is 12.3. The molecule has 212 valence electrons. The van der Waals surface area contributed by atoms with E-state index >= 15 is 0 Å². The maximum absolute atomic E-state index is 4.85. The molecule has 0 saturated heterocycles. The summed E-state index contributed by atoms with van der Waals surface area (Å²) in [6, 6.07) is 0.386. The third-order valence-corrected chi connectivity index (χ3v) is 10.3. The molecular weight excluding hydrogens is 462 g/mol. The molecule has 3 rings (SSSR count). The van der Waals surface area contributed by atoms with Crippen LogP contribution in [0.5, 0.6) is 0 Å². The Labute approximate surface area is 235 Å². The fraction of sp³-hybridized carbons (Fsp3) is 0.657. The highest BCUT2D eigenvalue weighted by atomic mass is 15.0. The van der Waals surface area contributed by atoms with Gasteiger partial charge in [-0.15, -0.1) is 6.58 Å². The van der Waals surface area contributed by atoms with E-state index in [9.17, 15) is 0 Å². The molecule has 6 unspecified atom stereocenters. The Balaban J connectivity index is 1.85. The van der Waals surface area contributed by atoms with Crippen LogP contribution in [0.4, 0.5) is 0 Å². The van der Waals surface area contributed by atoms with E-state index in [4.69, 9.17) is 13.2 Å². The molecule has 0 spiro atoms. The fourth-order valence-electron chi connectivity index (χ4n) is 7.87. The van der Waals surface area contributed by atoms with Crippen LogP contribution in [0.25, 0.3) is 0 Å². The van der Waals surface area contributed by atoms with Crippen LogP contribution in [-0.2, 0) is 0 Å². The van der Waals surface area contributed by atoms with Crippen LogP contribution in [0, 0.1) is 34.5 Å². The highest BCUT2D eigenvalue weighted by molar-refractivity contribution is 5.34. The first-order chi connectivity index (χ1) is 17.9. The second-order valence-electron chi connectivity index (χ2n) is 13.5. The van der Waals surface area contributed by atoms with Gasteiger partial charge in [-0.1, -0.05) is 104 Å². The van der Waals surface area contributed by atoms with Gasteiger partial charge in [0, 0.05) is 29.6 Å². The monoisotopic (exact) mass is 519 g/mol. The van der Waals surface area contributed by atoms with E-state index in [1.54, 1.807) is 0 Å². The standard InChI is InChI=1S/C35H57N3/c1-12-14-18-30(24(5)26(7)36-21-13-2)38-27(8)31-28(22-29-32(31)34(29,9)10)25(6)33(37-23(3)4)35(11)19-16-15-17-20-35/h13,28-33,36-38H,2-3,5-8,12,14-22H2,1,4,9-11H3. The van der Waals surface area contributed by atoms with Crippen molar-refractivity contribution in [2.75, 3.05) is 6.54 Å². The molecule has 0 aromatic carbocycles. The van der Waals surface area contributed by atoms with E-state index in [2.05, 4.69) is 76.9 Å². The lowest BCUT2D eigenvalue weighted by Crippen LogP contribution is -2.47. The predicted octanol–water partition coefficient (Wildman–Crippen LogP) is 8.42. The average molecular weight is 520 g/mol. The van der Waals surface area contributed by atoms with Crippen molar-refractivity contribution < 1.29 is 0 Å². The van der Waals surface area contributed by atoms with Crippen molar-refractivity contribution >= 4 is 0 Å². The normalized spacial score (nSPS) is 28.2. The van der Waals surface area contributed by atoms with Gasteiger partial charge in [-0.2, -0.15) is 0 Å². The van der Waals surface area contributed by atoms with Crippen molar-refractivity contribution in [1.29, 1.82) is 0 Å². The predicted molar refractivity (Wildman–Crippen MR) is 166 cm³/mol. The maximum atomic E-state index is 4.85. The Bertz CT molecular complexity index is 931. The van der Waals surface area contributed by atoms with Gasteiger partial charge in [0.1, 0.15) is 0 Å². The Morgan fingerprint density at radius 1 is 1.00 bits per heavy atom. The Hall–Kier alpha value is -2.16. The van der Waals surface area contributed by atoms with Gasteiger partial charge in [-0.25, -0.2) is 0 Å². The zero-order valence-corrected chi connectivity index (χ0v) is 25.4. The van der Waals surface area contributed by atoms with Gasteiger partial charge >= 0.3 is 0 Å².